The van der Waals surface area contributed by atoms with E-state index >= 15 is 0 Å². The van der Waals surface area contributed by atoms with Gasteiger partial charge in [0.1, 0.15) is 0 Å². The first-order chi connectivity index (χ1) is 6.24. The van der Waals surface area contributed by atoms with Gasteiger partial charge in [-0.15, -0.1) is 0 Å². The molecule has 0 aromatic carbocycles. The van der Waals surface area contributed by atoms with E-state index in [2.05, 4.69) is 19.2 Å². The molecule has 3 atom stereocenters. The molecule has 2 N–H and O–H groups in total. The Morgan fingerprint density at radius 2 is 2.00 bits per heavy atom. The molecule has 1 rings (SSSR count). The number of hydrogen-bond acceptors (Lipinski definition) is 2. The first-order valence-corrected chi connectivity index (χ1v) is 5.58. The minimum atomic E-state index is 0.311. The average Bonchev–Trinajstić information content (AvgIpc) is 2.12. The maximum atomic E-state index is 8.65. The second-order valence-corrected chi connectivity index (χ2v) is 4.50. The van der Waals surface area contributed by atoms with Gasteiger partial charge in [-0.2, -0.15) is 0 Å². The van der Waals surface area contributed by atoms with Crippen LogP contribution in [0.2, 0.25) is 0 Å². The summed E-state index contributed by atoms with van der Waals surface area (Å²) in [6, 6.07) is 0.706. The van der Waals surface area contributed by atoms with E-state index in [1.54, 1.807) is 0 Å². The molecular weight excluding hydrogens is 162 g/mol. The summed E-state index contributed by atoms with van der Waals surface area (Å²) in [4.78, 5) is 0. The summed E-state index contributed by atoms with van der Waals surface area (Å²) in [5.41, 5.74) is 0. The molecule has 0 bridgehead atoms. The molecule has 78 valence electrons. The van der Waals surface area contributed by atoms with Gasteiger partial charge in [0.2, 0.25) is 0 Å². The van der Waals surface area contributed by atoms with Crippen molar-refractivity contribution in [3.8, 4) is 0 Å². The third kappa shape index (κ3) is 3.65. The molecule has 0 aromatic heterocycles. The zero-order valence-electron chi connectivity index (χ0n) is 8.92. The average molecular weight is 185 g/mol. The van der Waals surface area contributed by atoms with E-state index in [0.29, 0.717) is 12.6 Å². The van der Waals surface area contributed by atoms with Crippen LogP contribution in [-0.2, 0) is 0 Å². The van der Waals surface area contributed by atoms with E-state index in [4.69, 9.17) is 5.11 Å². The lowest BCUT2D eigenvalue weighted by Crippen LogP contribution is -2.36. The summed E-state index contributed by atoms with van der Waals surface area (Å²) >= 11 is 0. The molecule has 0 aromatic rings. The third-order valence-corrected chi connectivity index (χ3v) is 3.37. The fraction of sp³-hybridized carbons (Fsp3) is 1.00. The molecule has 0 amide bonds. The standard InChI is InChI=1S/C11H23NO/c1-9-4-5-11(8-10(9)2)12-6-3-7-13/h9-13H,3-8H2,1-2H3/t9-,10+,11-/m1/s1. The molecule has 0 spiro atoms. The largest absolute Gasteiger partial charge is 0.396 e. The van der Waals surface area contributed by atoms with E-state index in [9.17, 15) is 0 Å². The summed E-state index contributed by atoms with van der Waals surface area (Å²) in [5.74, 6) is 1.76. The fourth-order valence-electron chi connectivity index (χ4n) is 2.12. The predicted molar refractivity (Wildman–Crippen MR) is 55.7 cm³/mol. The number of aliphatic hydroxyl groups excluding tert-OH is 1. The lowest BCUT2D eigenvalue weighted by atomic mass is 9.79. The smallest absolute Gasteiger partial charge is 0.0443 e. The second kappa shape index (κ2) is 5.61. The molecule has 0 saturated heterocycles. The molecule has 0 unspecified atom stereocenters. The SMILES string of the molecule is C[C@@H]1CC[C@@H](NCCCO)C[C@@H]1C. The van der Waals surface area contributed by atoms with Gasteiger partial charge in [-0.05, 0) is 44.1 Å². The van der Waals surface area contributed by atoms with Crippen LogP contribution in [0.5, 0.6) is 0 Å². The molecule has 2 heteroatoms. The quantitative estimate of drug-likeness (QED) is 0.654. The Morgan fingerprint density at radius 3 is 2.62 bits per heavy atom. The van der Waals surface area contributed by atoms with Crippen molar-refractivity contribution in [2.45, 2.75) is 45.6 Å². The van der Waals surface area contributed by atoms with Crippen LogP contribution in [0, 0.1) is 11.8 Å². The van der Waals surface area contributed by atoms with Crippen molar-refractivity contribution in [3.63, 3.8) is 0 Å². The van der Waals surface area contributed by atoms with Crippen LogP contribution in [0.25, 0.3) is 0 Å². The molecule has 1 fully saturated rings. The Kier molecular flexibility index (Phi) is 4.74. The molecule has 0 aliphatic heterocycles. The molecule has 1 aliphatic rings. The summed E-state index contributed by atoms with van der Waals surface area (Å²) in [7, 11) is 0. The Hall–Kier alpha value is -0.0800. The van der Waals surface area contributed by atoms with Gasteiger partial charge in [0.05, 0.1) is 0 Å². The Bertz CT molecular complexity index is 138. The van der Waals surface area contributed by atoms with Crippen molar-refractivity contribution in [2.75, 3.05) is 13.2 Å². The van der Waals surface area contributed by atoms with Crippen molar-refractivity contribution in [3.05, 3.63) is 0 Å². The highest BCUT2D eigenvalue weighted by molar-refractivity contribution is 4.79. The van der Waals surface area contributed by atoms with E-state index < -0.39 is 0 Å². The fourth-order valence-corrected chi connectivity index (χ4v) is 2.12. The summed E-state index contributed by atoms with van der Waals surface area (Å²) in [5, 5.41) is 12.2. The van der Waals surface area contributed by atoms with Gasteiger partial charge < -0.3 is 10.4 Å². The van der Waals surface area contributed by atoms with E-state index in [1.165, 1.54) is 19.3 Å². The number of aliphatic hydroxyl groups is 1. The molecule has 0 radical (unpaired) electrons. The predicted octanol–water partition coefficient (Wildman–Crippen LogP) is 1.78. The number of hydrogen-bond donors (Lipinski definition) is 2. The van der Waals surface area contributed by atoms with Gasteiger partial charge >= 0.3 is 0 Å². The topological polar surface area (TPSA) is 32.3 Å². The minimum absolute atomic E-state index is 0.311. The van der Waals surface area contributed by atoms with Crippen molar-refractivity contribution in [1.82, 2.24) is 5.32 Å². The van der Waals surface area contributed by atoms with Crippen LogP contribution < -0.4 is 5.32 Å². The lowest BCUT2D eigenvalue weighted by molar-refractivity contribution is 0.220. The molecule has 1 aliphatic carbocycles. The van der Waals surface area contributed by atoms with Gasteiger partial charge in [0.25, 0.3) is 0 Å². The maximum absolute atomic E-state index is 8.65. The van der Waals surface area contributed by atoms with Crippen molar-refractivity contribution in [2.24, 2.45) is 11.8 Å². The van der Waals surface area contributed by atoms with Crippen LogP contribution >= 0.6 is 0 Å². The van der Waals surface area contributed by atoms with Crippen LogP contribution in [0.3, 0.4) is 0 Å². The molecule has 13 heavy (non-hydrogen) atoms. The van der Waals surface area contributed by atoms with Crippen molar-refractivity contribution < 1.29 is 5.11 Å². The lowest BCUT2D eigenvalue weighted by Gasteiger charge is -2.32. The zero-order chi connectivity index (χ0) is 9.68. The highest BCUT2D eigenvalue weighted by Gasteiger charge is 2.23. The summed E-state index contributed by atoms with van der Waals surface area (Å²) in [6.07, 6.45) is 4.88. The second-order valence-electron chi connectivity index (χ2n) is 4.50. The molecule has 1 saturated carbocycles. The van der Waals surface area contributed by atoms with Gasteiger partial charge in [-0.25, -0.2) is 0 Å². The molecule has 0 heterocycles. The third-order valence-electron chi connectivity index (χ3n) is 3.37. The number of nitrogens with one attached hydrogen (secondary N) is 1. The Balaban J connectivity index is 2.14. The van der Waals surface area contributed by atoms with Crippen LogP contribution in [0.1, 0.15) is 39.5 Å². The summed E-state index contributed by atoms with van der Waals surface area (Å²) < 4.78 is 0. The zero-order valence-corrected chi connectivity index (χ0v) is 8.92. The van der Waals surface area contributed by atoms with Gasteiger partial charge in [-0.1, -0.05) is 13.8 Å². The molecule has 2 nitrogen and oxygen atoms in total. The first-order valence-electron chi connectivity index (χ1n) is 5.58. The highest BCUT2D eigenvalue weighted by Crippen LogP contribution is 2.29. The Morgan fingerprint density at radius 1 is 1.23 bits per heavy atom. The monoisotopic (exact) mass is 185 g/mol. The van der Waals surface area contributed by atoms with Crippen molar-refractivity contribution >= 4 is 0 Å². The van der Waals surface area contributed by atoms with E-state index in [0.717, 1.165) is 24.8 Å². The van der Waals surface area contributed by atoms with Gasteiger partial charge in [0.15, 0.2) is 0 Å². The van der Waals surface area contributed by atoms with Crippen LogP contribution in [0.4, 0.5) is 0 Å². The van der Waals surface area contributed by atoms with Crippen molar-refractivity contribution in [1.29, 1.82) is 0 Å². The summed E-state index contributed by atoms with van der Waals surface area (Å²) in [6.45, 7) is 5.99. The Labute approximate surface area is 81.7 Å². The van der Waals surface area contributed by atoms with E-state index in [-0.39, 0.29) is 0 Å². The minimum Gasteiger partial charge on any atom is -0.396 e. The highest BCUT2D eigenvalue weighted by atomic mass is 16.3. The first kappa shape index (κ1) is 11.0. The molecular formula is C11H23NO. The van der Waals surface area contributed by atoms with Gasteiger partial charge in [0, 0.05) is 12.6 Å². The van der Waals surface area contributed by atoms with Crippen LogP contribution in [-0.4, -0.2) is 24.3 Å². The maximum Gasteiger partial charge on any atom is 0.0443 e. The van der Waals surface area contributed by atoms with E-state index in [1.807, 2.05) is 0 Å². The number of rotatable bonds is 4. The normalized spacial score (nSPS) is 34.8. The van der Waals surface area contributed by atoms with Gasteiger partial charge in [-0.3, -0.25) is 0 Å². The van der Waals surface area contributed by atoms with Crippen LogP contribution in [0.15, 0.2) is 0 Å².